The Morgan fingerprint density at radius 2 is 1.94 bits per heavy atom. The molecule has 0 bridgehead atoms. The van der Waals surface area contributed by atoms with E-state index < -0.39 is 0 Å². The second kappa shape index (κ2) is 6.71. The highest BCUT2D eigenvalue weighted by atomic mass is 35.5. The summed E-state index contributed by atoms with van der Waals surface area (Å²) in [5, 5.41) is 0. The molecule has 0 radical (unpaired) electrons. The van der Waals surface area contributed by atoms with E-state index in [1.54, 1.807) is 18.4 Å². The van der Waals surface area contributed by atoms with E-state index in [2.05, 4.69) is 15.9 Å². The van der Waals surface area contributed by atoms with E-state index in [9.17, 15) is 0 Å². The normalized spacial score (nSPS) is 18.7. The monoisotopic (exact) mass is 274 g/mol. The summed E-state index contributed by atoms with van der Waals surface area (Å²) in [6.45, 7) is 7.48. The van der Waals surface area contributed by atoms with Crippen LogP contribution in [0.2, 0.25) is 4.34 Å². The molecule has 3 nitrogen and oxygen atoms in total. The fourth-order valence-electron chi connectivity index (χ4n) is 2.05. The molecule has 0 amide bonds. The third-order valence-electron chi connectivity index (χ3n) is 3.08. The summed E-state index contributed by atoms with van der Waals surface area (Å²) in [4.78, 5) is 6.31. The maximum Gasteiger partial charge on any atom is 0.0931 e. The van der Waals surface area contributed by atoms with Crippen molar-refractivity contribution in [2.75, 3.05) is 46.4 Å². The molecular weight excluding hydrogens is 256 g/mol. The topological polar surface area (TPSA) is 15.7 Å². The number of hydrogen-bond acceptors (Lipinski definition) is 4. The van der Waals surface area contributed by atoms with Crippen molar-refractivity contribution >= 4 is 22.9 Å². The SMILES string of the molecule is COCCN1CCN(Cc2ccc(Cl)s2)CC1. The van der Waals surface area contributed by atoms with Crippen LogP contribution in [0.15, 0.2) is 12.1 Å². The van der Waals surface area contributed by atoms with Gasteiger partial charge >= 0.3 is 0 Å². The van der Waals surface area contributed by atoms with Crippen LogP contribution in [-0.2, 0) is 11.3 Å². The summed E-state index contributed by atoms with van der Waals surface area (Å²) in [6, 6.07) is 4.11. The van der Waals surface area contributed by atoms with E-state index in [1.807, 2.05) is 6.07 Å². The Bertz CT molecular complexity index is 337. The number of hydrogen-bond donors (Lipinski definition) is 0. The zero-order valence-corrected chi connectivity index (χ0v) is 11.8. The largest absolute Gasteiger partial charge is 0.383 e. The zero-order chi connectivity index (χ0) is 12.1. The lowest BCUT2D eigenvalue weighted by Crippen LogP contribution is -2.46. The van der Waals surface area contributed by atoms with Crippen LogP contribution in [0.5, 0.6) is 0 Å². The molecule has 2 heterocycles. The molecule has 1 aliphatic rings. The number of thiophene rings is 1. The molecule has 0 spiro atoms. The van der Waals surface area contributed by atoms with Gasteiger partial charge in [-0.25, -0.2) is 0 Å². The average molecular weight is 275 g/mol. The Balaban J connectivity index is 1.72. The van der Waals surface area contributed by atoms with Gasteiger partial charge in [-0.1, -0.05) is 11.6 Å². The lowest BCUT2D eigenvalue weighted by atomic mass is 10.3. The lowest BCUT2D eigenvalue weighted by Gasteiger charge is -2.34. The Hall–Kier alpha value is -0.130. The van der Waals surface area contributed by atoms with Gasteiger partial charge in [-0.3, -0.25) is 9.80 Å². The van der Waals surface area contributed by atoms with Crippen LogP contribution in [-0.4, -0.2) is 56.2 Å². The number of nitrogens with zero attached hydrogens (tertiary/aromatic N) is 2. The van der Waals surface area contributed by atoms with Crippen LogP contribution >= 0.6 is 22.9 Å². The molecule has 5 heteroatoms. The first-order valence-corrected chi connectivity index (χ1v) is 7.15. The van der Waals surface area contributed by atoms with Gasteiger partial charge in [0, 0.05) is 51.3 Å². The highest BCUT2D eigenvalue weighted by Crippen LogP contribution is 2.23. The second-order valence-corrected chi connectivity index (χ2v) is 6.12. The van der Waals surface area contributed by atoms with Crippen LogP contribution in [0.1, 0.15) is 4.88 Å². The summed E-state index contributed by atoms with van der Waals surface area (Å²) in [7, 11) is 1.76. The van der Waals surface area contributed by atoms with E-state index >= 15 is 0 Å². The molecule has 0 aliphatic carbocycles. The molecule has 0 saturated carbocycles. The molecule has 1 saturated heterocycles. The van der Waals surface area contributed by atoms with E-state index in [-0.39, 0.29) is 0 Å². The quantitative estimate of drug-likeness (QED) is 0.818. The maximum absolute atomic E-state index is 5.94. The third-order valence-corrected chi connectivity index (χ3v) is 4.30. The summed E-state index contributed by atoms with van der Waals surface area (Å²) in [5.74, 6) is 0. The molecule has 17 heavy (non-hydrogen) atoms. The Morgan fingerprint density at radius 1 is 1.24 bits per heavy atom. The van der Waals surface area contributed by atoms with Crippen molar-refractivity contribution in [1.82, 2.24) is 9.80 Å². The predicted molar refractivity (Wildman–Crippen MR) is 72.9 cm³/mol. The van der Waals surface area contributed by atoms with Crippen LogP contribution in [0, 0.1) is 0 Å². The highest BCUT2D eigenvalue weighted by Gasteiger charge is 2.16. The zero-order valence-electron chi connectivity index (χ0n) is 10.2. The number of piperazine rings is 1. The second-order valence-electron chi connectivity index (χ2n) is 4.32. The lowest BCUT2D eigenvalue weighted by molar-refractivity contribution is 0.0943. The van der Waals surface area contributed by atoms with Gasteiger partial charge in [0.25, 0.3) is 0 Å². The molecule has 0 N–H and O–H groups in total. The van der Waals surface area contributed by atoms with Crippen LogP contribution in [0.4, 0.5) is 0 Å². The van der Waals surface area contributed by atoms with Gasteiger partial charge in [-0.2, -0.15) is 0 Å². The smallest absolute Gasteiger partial charge is 0.0931 e. The molecule has 0 aromatic carbocycles. The van der Waals surface area contributed by atoms with Crippen LogP contribution < -0.4 is 0 Å². The minimum absolute atomic E-state index is 0.834. The minimum atomic E-state index is 0.834. The molecule has 1 aliphatic heterocycles. The number of ether oxygens (including phenoxy) is 1. The molecule has 1 fully saturated rings. The van der Waals surface area contributed by atoms with Crippen molar-refractivity contribution in [3.05, 3.63) is 21.3 Å². The van der Waals surface area contributed by atoms with Crippen molar-refractivity contribution in [3.63, 3.8) is 0 Å². The highest BCUT2D eigenvalue weighted by molar-refractivity contribution is 7.16. The number of halogens is 1. The number of methoxy groups -OCH3 is 1. The van der Waals surface area contributed by atoms with Crippen LogP contribution in [0.3, 0.4) is 0 Å². The van der Waals surface area contributed by atoms with Gasteiger partial charge in [-0.15, -0.1) is 11.3 Å². The fourth-order valence-corrected chi connectivity index (χ4v) is 3.18. The van der Waals surface area contributed by atoms with Gasteiger partial charge in [0.1, 0.15) is 0 Å². The first kappa shape index (κ1) is 13.3. The molecule has 1 aromatic heterocycles. The average Bonchev–Trinajstić information content (AvgIpc) is 2.74. The summed E-state index contributed by atoms with van der Waals surface area (Å²) in [6.07, 6.45) is 0. The van der Waals surface area contributed by atoms with E-state index in [1.165, 1.54) is 4.88 Å². The minimum Gasteiger partial charge on any atom is -0.383 e. The van der Waals surface area contributed by atoms with E-state index in [0.29, 0.717) is 0 Å². The summed E-state index contributed by atoms with van der Waals surface area (Å²) >= 11 is 7.62. The summed E-state index contributed by atoms with van der Waals surface area (Å²) < 4.78 is 5.99. The Labute approximate surface area is 112 Å². The molecule has 0 atom stereocenters. The first-order chi connectivity index (χ1) is 8.28. The molecule has 2 rings (SSSR count). The van der Waals surface area contributed by atoms with Gasteiger partial charge < -0.3 is 4.74 Å². The molecule has 1 aromatic rings. The molecule has 96 valence electrons. The van der Waals surface area contributed by atoms with Gasteiger partial charge in [0.15, 0.2) is 0 Å². The van der Waals surface area contributed by atoms with Crippen LogP contribution in [0.25, 0.3) is 0 Å². The third kappa shape index (κ3) is 4.23. The van der Waals surface area contributed by atoms with E-state index in [4.69, 9.17) is 16.3 Å². The molecular formula is C12H19ClN2OS. The van der Waals surface area contributed by atoms with E-state index in [0.717, 1.165) is 50.2 Å². The van der Waals surface area contributed by atoms with Crippen molar-refractivity contribution in [1.29, 1.82) is 0 Å². The fraction of sp³-hybridized carbons (Fsp3) is 0.667. The molecule has 0 unspecified atom stereocenters. The van der Waals surface area contributed by atoms with Crippen molar-refractivity contribution < 1.29 is 4.74 Å². The van der Waals surface area contributed by atoms with Gasteiger partial charge in [0.2, 0.25) is 0 Å². The summed E-state index contributed by atoms with van der Waals surface area (Å²) in [5.41, 5.74) is 0. The predicted octanol–water partition coefficient (Wildman–Crippen LogP) is 2.17. The van der Waals surface area contributed by atoms with Crippen molar-refractivity contribution in [3.8, 4) is 0 Å². The van der Waals surface area contributed by atoms with Crippen molar-refractivity contribution in [2.24, 2.45) is 0 Å². The van der Waals surface area contributed by atoms with Crippen molar-refractivity contribution in [2.45, 2.75) is 6.54 Å². The van der Waals surface area contributed by atoms with Gasteiger partial charge in [-0.05, 0) is 12.1 Å². The number of rotatable bonds is 5. The van der Waals surface area contributed by atoms with Gasteiger partial charge in [0.05, 0.1) is 10.9 Å². The standard InChI is InChI=1S/C12H19ClN2OS/c1-16-9-8-14-4-6-15(7-5-14)10-11-2-3-12(13)17-11/h2-3H,4-10H2,1H3. The Morgan fingerprint density at radius 3 is 2.53 bits per heavy atom. The first-order valence-electron chi connectivity index (χ1n) is 5.96. The Kier molecular flexibility index (Phi) is 5.25. The maximum atomic E-state index is 5.94.